The molecule has 156 valence electrons. The van der Waals surface area contributed by atoms with E-state index in [4.69, 9.17) is 4.98 Å². The number of fused-ring (bicyclic) bond motifs is 1. The van der Waals surface area contributed by atoms with Gasteiger partial charge in [0.2, 0.25) is 5.91 Å². The molecule has 3 heterocycles. The van der Waals surface area contributed by atoms with Crippen LogP contribution >= 0.6 is 11.8 Å². The number of piperidine rings is 1. The van der Waals surface area contributed by atoms with E-state index in [9.17, 15) is 9.59 Å². The molecule has 7 heteroatoms. The lowest BCUT2D eigenvalue weighted by atomic mass is 10.0. The second-order valence-electron chi connectivity index (χ2n) is 7.68. The number of para-hydroxylation sites is 1. The Morgan fingerprint density at radius 1 is 1.23 bits per heavy atom. The average Bonchev–Trinajstić information content (AvgIpc) is 2.77. The Morgan fingerprint density at radius 2 is 2.07 bits per heavy atom. The molecule has 0 spiro atoms. The van der Waals surface area contributed by atoms with E-state index in [-0.39, 0.29) is 17.2 Å². The third-order valence-corrected chi connectivity index (χ3v) is 6.54. The fourth-order valence-corrected chi connectivity index (χ4v) is 4.90. The van der Waals surface area contributed by atoms with Crippen molar-refractivity contribution < 1.29 is 4.79 Å². The van der Waals surface area contributed by atoms with Crippen LogP contribution in [0.25, 0.3) is 16.7 Å². The molecule has 6 nitrogen and oxygen atoms in total. The number of pyridine rings is 1. The van der Waals surface area contributed by atoms with Gasteiger partial charge in [0.05, 0.1) is 16.7 Å². The van der Waals surface area contributed by atoms with Crippen molar-refractivity contribution in [1.29, 1.82) is 0 Å². The summed E-state index contributed by atoms with van der Waals surface area (Å²) in [6.07, 6.45) is 5.96. The Hall–Kier alpha value is -2.67. The Morgan fingerprint density at radius 3 is 2.87 bits per heavy atom. The van der Waals surface area contributed by atoms with Crippen molar-refractivity contribution in [2.45, 2.75) is 50.7 Å². The van der Waals surface area contributed by atoms with E-state index >= 15 is 0 Å². The quantitative estimate of drug-likeness (QED) is 0.460. The first-order valence-electron chi connectivity index (χ1n) is 10.5. The molecule has 1 amide bonds. The van der Waals surface area contributed by atoms with Gasteiger partial charge in [0.25, 0.3) is 5.56 Å². The van der Waals surface area contributed by atoms with Gasteiger partial charge in [0, 0.05) is 18.8 Å². The van der Waals surface area contributed by atoms with E-state index in [1.165, 1.54) is 22.7 Å². The number of likely N-dealkylation sites (tertiary alicyclic amines) is 1. The van der Waals surface area contributed by atoms with Gasteiger partial charge in [-0.3, -0.25) is 9.59 Å². The molecule has 0 radical (unpaired) electrons. The van der Waals surface area contributed by atoms with E-state index in [1.54, 1.807) is 12.3 Å². The maximum Gasteiger partial charge on any atom is 0.267 e. The molecule has 4 rings (SSSR count). The van der Waals surface area contributed by atoms with Gasteiger partial charge in [-0.25, -0.2) is 14.5 Å². The minimum atomic E-state index is -0.168. The SMILES string of the molecule is CCC1CCCCN1C(=O)CSc1nc2ccccc2c(=O)n1-c1cc(C)ccn1. The molecule has 1 aliphatic heterocycles. The summed E-state index contributed by atoms with van der Waals surface area (Å²) in [6.45, 7) is 4.91. The van der Waals surface area contributed by atoms with Crippen LogP contribution in [-0.4, -0.2) is 43.7 Å². The molecule has 0 saturated carbocycles. The number of amides is 1. The van der Waals surface area contributed by atoms with Crippen molar-refractivity contribution in [2.24, 2.45) is 0 Å². The van der Waals surface area contributed by atoms with Crippen molar-refractivity contribution in [3.8, 4) is 5.82 Å². The van der Waals surface area contributed by atoms with Gasteiger partial charge in [-0.2, -0.15) is 0 Å². The predicted octanol–water partition coefficient (Wildman–Crippen LogP) is 3.97. The zero-order chi connectivity index (χ0) is 21.1. The second-order valence-corrected chi connectivity index (χ2v) is 8.62. The summed E-state index contributed by atoms with van der Waals surface area (Å²) in [7, 11) is 0. The molecule has 1 fully saturated rings. The molecule has 1 aromatic carbocycles. The smallest absolute Gasteiger partial charge is 0.267 e. The van der Waals surface area contributed by atoms with Crippen LogP contribution in [0.1, 0.15) is 38.2 Å². The van der Waals surface area contributed by atoms with Crippen LogP contribution in [0.15, 0.2) is 52.5 Å². The lowest BCUT2D eigenvalue weighted by Gasteiger charge is -2.35. The normalized spacial score (nSPS) is 16.7. The Bertz CT molecular complexity index is 1130. The molecule has 1 aliphatic rings. The fraction of sp³-hybridized carbons (Fsp3) is 0.391. The van der Waals surface area contributed by atoms with E-state index in [1.807, 2.05) is 42.2 Å². The van der Waals surface area contributed by atoms with Crippen LogP contribution in [0.2, 0.25) is 0 Å². The van der Waals surface area contributed by atoms with Crippen molar-refractivity contribution in [2.75, 3.05) is 12.3 Å². The number of thioether (sulfide) groups is 1. The second kappa shape index (κ2) is 9.00. The van der Waals surface area contributed by atoms with Gasteiger partial charge < -0.3 is 4.90 Å². The summed E-state index contributed by atoms with van der Waals surface area (Å²) in [5.74, 6) is 0.892. The summed E-state index contributed by atoms with van der Waals surface area (Å²) in [6, 6.07) is 11.4. The number of carbonyl (C=O) groups excluding carboxylic acids is 1. The number of carbonyl (C=O) groups is 1. The Labute approximate surface area is 180 Å². The fourth-order valence-electron chi connectivity index (χ4n) is 4.02. The van der Waals surface area contributed by atoms with Crippen LogP contribution in [-0.2, 0) is 4.79 Å². The van der Waals surface area contributed by atoms with Gasteiger partial charge in [-0.15, -0.1) is 0 Å². The number of nitrogens with zero attached hydrogens (tertiary/aromatic N) is 4. The summed E-state index contributed by atoms with van der Waals surface area (Å²) in [5.41, 5.74) is 1.47. The van der Waals surface area contributed by atoms with E-state index in [2.05, 4.69) is 11.9 Å². The number of aryl methyl sites for hydroxylation is 1. The number of hydrogen-bond donors (Lipinski definition) is 0. The maximum atomic E-state index is 13.3. The van der Waals surface area contributed by atoms with Gasteiger partial charge >= 0.3 is 0 Å². The van der Waals surface area contributed by atoms with Gasteiger partial charge in [0.1, 0.15) is 5.82 Å². The Kier molecular flexibility index (Phi) is 6.18. The summed E-state index contributed by atoms with van der Waals surface area (Å²) < 4.78 is 1.53. The first-order chi connectivity index (χ1) is 14.6. The van der Waals surface area contributed by atoms with Crippen LogP contribution in [0.4, 0.5) is 0 Å². The first kappa shape index (κ1) is 20.6. The van der Waals surface area contributed by atoms with Crippen molar-refractivity contribution in [3.63, 3.8) is 0 Å². The van der Waals surface area contributed by atoms with Crippen LogP contribution in [0.5, 0.6) is 0 Å². The molecule has 0 aliphatic carbocycles. The summed E-state index contributed by atoms with van der Waals surface area (Å²) in [5, 5.41) is 1.04. The van der Waals surface area contributed by atoms with Crippen molar-refractivity contribution in [3.05, 3.63) is 58.5 Å². The number of aromatic nitrogens is 3. The molecular formula is C23H26N4O2S. The van der Waals surface area contributed by atoms with E-state index in [0.717, 1.165) is 31.4 Å². The highest BCUT2D eigenvalue weighted by molar-refractivity contribution is 7.99. The van der Waals surface area contributed by atoms with Crippen LogP contribution < -0.4 is 5.56 Å². The molecule has 30 heavy (non-hydrogen) atoms. The van der Waals surface area contributed by atoms with E-state index in [0.29, 0.717) is 27.9 Å². The highest BCUT2D eigenvalue weighted by Gasteiger charge is 2.26. The molecule has 1 unspecified atom stereocenters. The minimum Gasteiger partial charge on any atom is -0.339 e. The Balaban J connectivity index is 1.70. The lowest BCUT2D eigenvalue weighted by molar-refractivity contribution is -0.132. The summed E-state index contributed by atoms with van der Waals surface area (Å²) in [4.78, 5) is 37.4. The number of benzene rings is 1. The van der Waals surface area contributed by atoms with Gasteiger partial charge in [0.15, 0.2) is 5.16 Å². The van der Waals surface area contributed by atoms with Gasteiger partial charge in [-0.1, -0.05) is 30.8 Å². The largest absolute Gasteiger partial charge is 0.339 e. The van der Waals surface area contributed by atoms with Crippen molar-refractivity contribution >= 4 is 28.6 Å². The third kappa shape index (κ3) is 4.12. The highest BCUT2D eigenvalue weighted by Crippen LogP contribution is 2.24. The zero-order valence-corrected chi connectivity index (χ0v) is 18.2. The zero-order valence-electron chi connectivity index (χ0n) is 17.4. The monoisotopic (exact) mass is 422 g/mol. The molecular weight excluding hydrogens is 396 g/mol. The molecule has 3 aromatic rings. The minimum absolute atomic E-state index is 0.109. The van der Waals surface area contributed by atoms with Crippen molar-refractivity contribution in [1.82, 2.24) is 19.4 Å². The summed E-state index contributed by atoms with van der Waals surface area (Å²) >= 11 is 1.31. The van der Waals surface area contributed by atoms with Gasteiger partial charge in [-0.05, 0) is 62.4 Å². The maximum absolute atomic E-state index is 13.3. The molecule has 1 saturated heterocycles. The number of hydrogen-bond acceptors (Lipinski definition) is 5. The van der Waals surface area contributed by atoms with Crippen LogP contribution in [0, 0.1) is 6.92 Å². The number of rotatable bonds is 5. The average molecular weight is 423 g/mol. The van der Waals surface area contributed by atoms with Crippen LogP contribution in [0.3, 0.4) is 0 Å². The topological polar surface area (TPSA) is 68.1 Å². The third-order valence-electron chi connectivity index (χ3n) is 5.62. The predicted molar refractivity (Wildman–Crippen MR) is 120 cm³/mol. The molecule has 0 bridgehead atoms. The highest BCUT2D eigenvalue weighted by atomic mass is 32.2. The first-order valence-corrected chi connectivity index (χ1v) is 11.4. The lowest BCUT2D eigenvalue weighted by Crippen LogP contribution is -2.44. The molecule has 2 aromatic heterocycles. The molecule has 1 atom stereocenters. The molecule has 0 N–H and O–H groups in total. The standard InChI is InChI=1S/C23H26N4O2S/c1-3-17-8-6-7-13-26(17)21(28)15-30-23-25-19-10-5-4-9-18(19)22(29)27(23)20-14-16(2)11-12-24-20/h4-5,9-12,14,17H,3,6-8,13,15H2,1-2H3. The van der Waals surface area contributed by atoms with E-state index < -0.39 is 0 Å².